The van der Waals surface area contributed by atoms with E-state index in [1.807, 2.05) is 39.8 Å². The molecule has 0 heterocycles. The number of benzene rings is 3. The van der Waals surface area contributed by atoms with E-state index in [9.17, 15) is 13.2 Å². The Morgan fingerprint density at radius 3 is 1.80 bits per heavy atom. The summed E-state index contributed by atoms with van der Waals surface area (Å²) in [7, 11) is -3.77. The van der Waals surface area contributed by atoms with E-state index in [0.29, 0.717) is 54.0 Å². The van der Waals surface area contributed by atoms with Crippen molar-refractivity contribution in [3.8, 4) is 17.2 Å². The molecule has 2 N–H and O–H groups in total. The number of sulfonamides is 1. The maximum Gasteiger partial charge on any atom is 0.261 e. The second kappa shape index (κ2) is 11.6. The van der Waals surface area contributed by atoms with Gasteiger partial charge in [0.05, 0.1) is 24.7 Å². The van der Waals surface area contributed by atoms with Crippen molar-refractivity contribution in [2.45, 2.75) is 32.6 Å². The van der Waals surface area contributed by atoms with Gasteiger partial charge in [0, 0.05) is 16.9 Å². The van der Waals surface area contributed by atoms with Crippen LogP contribution in [-0.4, -0.2) is 34.1 Å². The zero-order valence-corrected chi connectivity index (χ0v) is 21.1. The molecule has 186 valence electrons. The van der Waals surface area contributed by atoms with Crippen LogP contribution in [0.1, 0.15) is 36.7 Å². The van der Waals surface area contributed by atoms with E-state index in [0.717, 1.165) is 5.56 Å². The SMILES string of the molecule is CCOc1cc(C(=O)Nc2ccc(S(=O)(=O)Nc3ccc(C)cc3)cc2)cc(OCC)c1OCC. The minimum atomic E-state index is -3.77. The maximum absolute atomic E-state index is 13.0. The zero-order chi connectivity index (χ0) is 25.4. The molecule has 0 bridgehead atoms. The average Bonchev–Trinajstić information content (AvgIpc) is 2.83. The fraction of sp³-hybridized carbons (Fsp3) is 0.269. The Morgan fingerprint density at radius 2 is 1.29 bits per heavy atom. The molecule has 1 amide bonds. The zero-order valence-electron chi connectivity index (χ0n) is 20.3. The van der Waals surface area contributed by atoms with Gasteiger partial charge in [-0.1, -0.05) is 17.7 Å². The minimum Gasteiger partial charge on any atom is -0.490 e. The Balaban J connectivity index is 1.79. The molecule has 0 radical (unpaired) electrons. The number of amides is 1. The molecule has 3 aromatic carbocycles. The van der Waals surface area contributed by atoms with Gasteiger partial charge in [-0.05, 0) is 76.2 Å². The van der Waals surface area contributed by atoms with Crippen molar-refractivity contribution in [2.24, 2.45) is 0 Å². The van der Waals surface area contributed by atoms with Crippen molar-refractivity contribution in [1.82, 2.24) is 0 Å². The largest absolute Gasteiger partial charge is 0.490 e. The molecule has 8 nitrogen and oxygen atoms in total. The summed E-state index contributed by atoms with van der Waals surface area (Å²) in [5, 5.41) is 2.78. The van der Waals surface area contributed by atoms with Crippen LogP contribution in [0.5, 0.6) is 17.2 Å². The van der Waals surface area contributed by atoms with Gasteiger partial charge in [-0.15, -0.1) is 0 Å². The summed E-state index contributed by atoms with van der Waals surface area (Å²) in [4.78, 5) is 13.0. The van der Waals surface area contributed by atoms with Gasteiger partial charge in [0.15, 0.2) is 11.5 Å². The third-order valence-electron chi connectivity index (χ3n) is 4.90. The summed E-state index contributed by atoms with van der Waals surface area (Å²) in [6.45, 7) is 8.66. The lowest BCUT2D eigenvalue weighted by Gasteiger charge is -2.17. The summed E-state index contributed by atoms with van der Waals surface area (Å²) in [5.74, 6) is 0.870. The first-order valence-corrected chi connectivity index (χ1v) is 12.8. The van der Waals surface area contributed by atoms with Gasteiger partial charge >= 0.3 is 0 Å². The van der Waals surface area contributed by atoms with Crippen molar-refractivity contribution in [1.29, 1.82) is 0 Å². The lowest BCUT2D eigenvalue weighted by Crippen LogP contribution is -2.15. The van der Waals surface area contributed by atoms with Crippen molar-refractivity contribution in [2.75, 3.05) is 29.9 Å². The molecule has 9 heteroatoms. The minimum absolute atomic E-state index is 0.0782. The first-order valence-electron chi connectivity index (χ1n) is 11.3. The van der Waals surface area contributed by atoms with Crippen LogP contribution in [0.4, 0.5) is 11.4 Å². The highest BCUT2D eigenvalue weighted by Gasteiger charge is 2.19. The Morgan fingerprint density at radius 1 is 0.771 bits per heavy atom. The van der Waals surface area contributed by atoms with Crippen LogP contribution < -0.4 is 24.2 Å². The van der Waals surface area contributed by atoms with Crippen LogP contribution in [0.25, 0.3) is 0 Å². The molecule has 0 saturated heterocycles. The van der Waals surface area contributed by atoms with Crippen LogP contribution in [0.2, 0.25) is 0 Å². The molecule has 0 aliphatic carbocycles. The number of hydrogen-bond donors (Lipinski definition) is 2. The smallest absolute Gasteiger partial charge is 0.261 e. The number of rotatable bonds is 11. The predicted octanol–water partition coefficient (Wildman–Crippen LogP) is 5.24. The van der Waals surface area contributed by atoms with E-state index in [1.54, 1.807) is 24.3 Å². The van der Waals surface area contributed by atoms with E-state index in [4.69, 9.17) is 14.2 Å². The molecule has 0 aromatic heterocycles. The monoisotopic (exact) mass is 498 g/mol. The normalized spacial score (nSPS) is 11.0. The lowest BCUT2D eigenvalue weighted by molar-refractivity contribution is 0.102. The molecule has 35 heavy (non-hydrogen) atoms. The van der Waals surface area contributed by atoms with Crippen LogP contribution >= 0.6 is 0 Å². The molecule has 3 aromatic rings. The van der Waals surface area contributed by atoms with Gasteiger partial charge in [0.25, 0.3) is 15.9 Å². The Bertz CT molecular complexity index is 1230. The fourth-order valence-corrected chi connectivity index (χ4v) is 4.33. The quantitative estimate of drug-likeness (QED) is 0.375. The molecule has 0 spiro atoms. The van der Waals surface area contributed by atoms with Crippen molar-refractivity contribution < 1.29 is 27.4 Å². The molecule has 0 fully saturated rings. The standard InChI is InChI=1S/C26H30N2O6S/c1-5-32-23-16-19(17-24(33-6-2)25(23)34-7-3)26(29)27-20-12-14-22(15-13-20)35(30,31)28-21-10-8-18(4)9-11-21/h8-17,28H,5-7H2,1-4H3,(H,27,29). The van der Waals surface area contributed by atoms with Gasteiger partial charge in [0.2, 0.25) is 5.75 Å². The van der Waals surface area contributed by atoms with Crippen LogP contribution in [0.3, 0.4) is 0 Å². The second-order valence-corrected chi connectivity index (χ2v) is 9.23. The fourth-order valence-electron chi connectivity index (χ4n) is 3.28. The third kappa shape index (κ3) is 6.66. The molecule has 0 saturated carbocycles. The predicted molar refractivity (Wildman–Crippen MR) is 136 cm³/mol. The molecule has 3 rings (SSSR count). The van der Waals surface area contributed by atoms with Crippen LogP contribution in [-0.2, 0) is 10.0 Å². The maximum atomic E-state index is 13.0. The highest BCUT2D eigenvalue weighted by atomic mass is 32.2. The summed E-state index contributed by atoms with van der Waals surface area (Å²) in [6.07, 6.45) is 0. The van der Waals surface area contributed by atoms with E-state index in [2.05, 4.69) is 10.0 Å². The second-order valence-electron chi connectivity index (χ2n) is 7.55. The molecular formula is C26H30N2O6S. The van der Waals surface area contributed by atoms with Gasteiger partial charge in [-0.25, -0.2) is 8.42 Å². The molecule has 0 unspecified atom stereocenters. The summed E-state index contributed by atoms with van der Waals surface area (Å²) < 4.78 is 44.9. The molecular weight excluding hydrogens is 468 g/mol. The van der Waals surface area contributed by atoms with Gasteiger partial charge in [0.1, 0.15) is 0 Å². The number of carbonyl (C=O) groups is 1. The average molecular weight is 499 g/mol. The third-order valence-corrected chi connectivity index (χ3v) is 6.29. The first-order chi connectivity index (χ1) is 16.8. The number of hydrogen-bond acceptors (Lipinski definition) is 6. The Hall–Kier alpha value is -3.72. The van der Waals surface area contributed by atoms with Crippen LogP contribution in [0, 0.1) is 6.92 Å². The van der Waals surface area contributed by atoms with Crippen molar-refractivity contribution in [3.05, 3.63) is 71.8 Å². The van der Waals surface area contributed by atoms with Gasteiger partial charge in [-0.3, -0.25) is 9.52 Å². The molecule has 0 aliphatic rings. The Kier molecular flexibility index (Phi) is 8.59. The van der Waals surface area contributed by atoms with Crippen molar-refractivity contribution >= 4 is 27.3 Å². The van der Waals surface area contributed by atoms with Gasteiger partial charge in [-0.2, -0.15) is 0 Å². The Labute approximate surface area is 206 Å². The number of ether oxygens (including phenoxy) is 3. The number of carbonyl (C=O) groups excluding carboxylic acids is 1. The van der Waals surface area contributed by atoms with Crippen LogP contribution in [0.15, 0.2) is 65.6 Å². The summed E-state index contributed by atoms with van der Waals surface area (Å²) in [6, 6.07) is 16.2. The van der Waals surface area contributed by atoms with E-state index < -0.39 is 15.9 Å². The van der Waals surface area contributed by atoms with E-state index in [1.165, 1.54) is 24.3 Å². The summed E-state index contributed by atoms with van der Waals surface area (Å²) >= 11 is 0. The van der Waals surface area contributed by atoms with E-state index in [-0.39, 0.29) is 4.90 Å². The molecule has 0 atom stereocenters. The number of anilines is 2. The topological polar surface area (TPSA) is 103 Å². The first kappa shape index (κ1) is 25.9. The summed E-state index contributed by atoms with van der Waals surface area (Å²) in [5.41, 5.74) is 2.26. The highest BCUT2D eigenvalue weighted by Crippen LogP contribution is 2.39. The number of nitrogens with one attached hydrogen (secondary N) is 2. The highest BCUT2D eigenvalue weighted by molar-refractivity contribution is 7.92. The van der Waals surface area contributed by atoms with Crippen molar-refractivity contribution in [3.63, 3.8) is 0 Å². The number of aryl methyl sites for hydroxylation is 1. The molecule has 0 aliphatic heterocycles. The van der Waals surface area contributed by atoms with Gasteiger partial charge < -0.3 is 19.5 Å². The lowest BCUT2D eigenvalue weighted by atomic mass is 10.1. The van der Waals surface area contributed by atoms with E-state index >= 15 is 0 Å².